The van der Waals surface area contributed by atoms with Crippen LogP contribution in [0.5, 0.6) is 5.75 Å². The molecule has 2 aromatic rings. The van der Waals surface area contributed by atoms with Crippen LogP contribution in [0.25, 0.3) is 0 Å². The number of hydrazine groups is 1. The van der Waals surface area contributed by atoms with Crippen molar-refractivity contribution in [3.05, 3.63) is 65.5 Å². The molecule has 4 heteroatoms. The molecule has 1 aliphatic carbocycles. The van der Waals surface area contributed by atoms with E-state index in [-0.39, 0.29) is 11.9 Å². The van der Waals surface area contributed by atoms with Crippen molar-refractivity contribution < 1.29 is 9.13 Å². The topological polar surface area (TPSA) is 47.3 Å². The van der Waals surface area contributed by atoms with Crippen molar-refractivity contribution in [2.75, 3.05) is 0 Å². The molecule has 0 heterocycles. The number of ether oxygens (including phenoxy) is 1. The van der Waals surface area contributed by atoms with Crippen LogP contribution in [-0.4, -0.2) is 6.10 Å². The van der Waals surface area contributed by atoms with Crippen LogP contribution in [0.1, 0.15) is 30.0 Å². The van der Waals surface area contributed by atoms with Crippen LogP contribution in [0.3, 0.4) is 0 Å². The summed E-state index contributed by atoms with van der Waals surface area (Å²) in [6.07, 6.45) is 2.68. The molecule has 3 N–H and O–H groups in total. The highest BCUT2D eigenvalue weighted by Crippen LogP contribution is 2.28. The van der Waals surface area contributed by atoms with E-state index in [9.17, 15) is 4.39 Å². The number of rotatable bonds is 5. The summed E-state index contributed by atoms with van der Waals surface area (Å²) in [5, 5.41) is 0. The molecule has 0 aliphatic heterocycles. The van der Waals surface area contributed by atoms with Gasteiger partial charge in [-0.05, 0) is 48.2 Å². The largest absolute Gasteiger partial charge is 0.490 e. The summed E-state index contributed by atoms with van der Waals surface area (Å²) in [4.78, 5) is 0. The SMILES string of the molecule is NNC(c1ccc(F)cc1)c1ccc(OC2CC2)cc1. The first-order chi connectivity index (χ1) is 9.76. The maximum Gasteiger partial charge on any atom is 0.123 e. The molecule has 0 amide bonds. The quantitative estimate of drug-likeness (QED) is 0.650. The van der Waals surface area contributed by atoms with Gasteiger partial charge in [0, 0.05) is 0 Å². The van der Waals surface area contributed by atoms with E-state index in [0.29, 0.717) is 6.10 Å². The number of hydrogen-bond acceptors (Lipinski definition) is 3. The molecule has 20 heavy (non-hydrogen) atoms. The third kappa shape index (κ3) is 2.98. The standard InChI is InChI=1S/C16H17FN2O/c17-13-5-1-11(2-6-13)16(19-18)12-3-7-14(8-4-12)20-15-9-10-15/h1-8,15-16,19H,9-10,18H2. The first-order valence-electron chi connectivity index (χ1n) is 6.74. The van der Waals surface area contributed by atoms with Gasteiger partial charge >= 0.3 is 0 Å². The van der Waals surface area contributed by atoms with Crippen LogP contribution in [-0.2, 0) is 0 Å². The Morgan fingerprint density at radius 2 is 1.55 bits per heavy atom. The molecular weight excluding hydrogens is 255 g/mol. The van der Waals surface area contributed by atoms with Crippen molar-refractivity contribution in [3.8, 4) is 5.75 Å². The van der Waals surface area contributed by atoms with Gasteiger partial charge in [-0.3, -0.25) is 5.84 Å². The fourth-order valence-corrected chi connectivity index (χ4v) is 2.16. The van der Waals surface area contributed by atoms with Crippen LogP contribution in [0.15, 0.2) is 48.5 Å². The molecule has 0 saturated heterocycles. The van der Waals surface area contributed by atoms with Gasteiger partial charge in [0.25, 0.3) is 0 Å². The summed E-state index contributed by atoms with van der Waals surface area (Å²) < 4.78 is 18.7. The van der Waals surface area contributed by atoms with E-state index in [1.54, 1.807) is 12.1 Å². The zero-order chi connectivity index (χ0) is 13.9. The molecule has 1 saturated carbocycles. The molecule has 2 aromatic carbocycles. The number of benzene rings is 2. The molecule has 0 aromatic heterocycles. The second-order valence-corrected chi connectivity index (χ2v) is 5.04. The third-order valence-electron chi connectivity index (χ3n) is 3.41. The fourth-order valence-electron chi connectivity index (χ4n) is 2.16. The smallest absolute Gasteiger partial charge is 0.123 e. The monoisotopic (exact) mass is 272 g/mol. The molecule has 0 spiro atoms. The predicted molar refractivity (Wildman–Crippen MR) is 75.7 cm³/mol. The second kappa shape index (κ2) is 5.61. The van der Waals surface area contributed by atoms with Gasteiger partial charge in [-0.1, -0.05) is 24.3 Å². The molecule has 1 aliphatic rings. The third-order valence-corrected chi connectivity index (χ3v) is 3.41. The van der Waals surface area contributed by atoms with Gasteiger partial charge in [0.2, 0.25) is 0 Å². The van der Waals surface area contributed by atoms with Gasteiger partial charge in [0.05, 0.1) is 12.1 Å². The van der Waals surface area contributed by atoms with E-state index < -0.39 is 0 Å². The minimum Gasteiger partial charge on any atom is -0.490 e. The van der Waals surface area contributed by atoms with Gasteiger partial charge in [0.15, 0.2) is 0 Å². The Morgan fingerprint density at radius 3 is 2.05 bits per heavy atom. The van der Waals surface area contributed by atoms with Gasteiger partial charge in [0.1, 0.15) is 11.6 Å². The zero-order valence-corrected chi connectivity index (χ0v) is 11.1. The minimum absolute atomic E-state index is 0.162. The van der Waals surface area contributed by atoms with E-state index in [4.69, 9.17) is 10.6 Å². The van der Waals surface area contributed by atoms with E-state index in [1.165, 1.54) is 12.1 Å². The van der Waals surface area contributed by atoms with Crippen molar-refractivity contribution in [1.29, 1.82) is 0 Å². The Labute approximate surface area is 117 Å². The maximum atomic E-state index is 13.0. The average Bonchev–Trinajstić information content (AvgIpc) is 3.27. The van der Waals surface area contributed by atoms with Gasteiger partial charge < -0.3 is 4.74 Å². The van der Waals surface area contributed by atoms with E-state index in [2.05, 4.69) is 5.43 Å². The van der Waals surface area contributed by atoms with Gasteiger partial charge in [-0.25, -0.2) is 9.82 Å². The van der Waals surface area contributed by atoms with Crippen LogP contribution in [0, 0.1) is 5.82 Å². The first-order valence-corrected chi connectivity index (χ1v) is 6.74. The zero-order valence-electron chi connectivity index (χ0n) is 11.1. The fraction of sp³-hybridized carbons (Fsp3) is 0.250. The van der Waals surface area contributed by atoms with E-state index >= 15 is 0 Å². The Kier molecular flexibility index (Phi) is 3.67. The number of nitrogens with one attached hydrogen (secondary N) is 1. The predicted octanol–water partition coefficient (Wildman–Crippen LogP) is 2.92. The van der Waals surface area contributed by atoms with Crippen LogP contribution >= 0.6 is 0 Å². The molecule has 3 nitrogen and oxygen atoms in total. The lowest BCUT2D eigenvalue weighted by Gasteiger charge is -2.17. The summed E-state index contributed by atoms with van der Waals surface area (Å²) in [5.41, 5.74) is 4.70. The summed E-state index contributed by atoms with van der Waals surface area (Å²) in [7, 11) is 0. The number of nitrogens with two attached hydrogens (primary N) is 1. The summed E-state index contributed by atoms with van der Waals surface area (Å²) >= 11 is 0. The Balaban J connectivity index is 1.79. The van der Waals surface area contributed by atoms with E-state index in [0.717, 1.165) is 29.7 Å². The van der Waals surface area contributed by atoms with E-state index in [1.807, 2.05) is 24.3 Å². The van der Waals surface area contributed by atoms with Crippen molar-refractivity contribution in [2.45, 2.75) is 25.0 Å². The number of halogens is 1. The lowest BCUT2D eigenvalue weighted by Crippen LogP contribution is -2.28. The Morgan fingerprint density at radius 1 is 1.00 bits per heavy atom. The van der Waals surface area contributed by atoms with Gasteiger partial charge in [-0.2, -0.15) is 0 Å². The molecule has 1 unspecified atom stereocenters. The molecular formula is C16H17FN2O. The molecule has 0 bridgehead atoms. The van der Waals surface area contributed by atoms with Crippen LogP contribution in [0.4, 0.5) is 4.39 Å². The second-order valence-electron chi connectivity index (χ2n) is 5.04. The summed E-state index contributed by atoms with van der Waals surface area (Å²) in [6, 6.07) is 14.0. The lowest BCUT2D eigenvalue weighted by molar-refractivity contribution is 0.303. The highest BCUT2D eigenvalue weighted by atomic mass is 19.1. The van der Waals surface area contributed by atoms with Crippen molar-refractivity contribution in [2.24, 2.45) is 5.84 Å². The highest BCUT2D eigenvalue weighted by Gasteiger charge is 2.23. The van der Waals surface area contributed by atoms with Gasteiger partial charge in [-0.15, -0.1) is 0 Å². The lowest BCUT2D eigenvalue weighted by atomic mass is 9.99. The Hall–Kier alpha value is -1.91. The number of hydrogen-bond donors (Lipinski definition) is 2. The summed E-state index contributed by atoms with van der Waals surface area (Å²) in [5.74, 6) is 6.26. The molecule has 0 radical (unpaired) electrons. The van der Waals surface area contributed by atoms with Crippen molar-refractivity contribution >= 4 is 0 Å². The maximum absolute atomic E-state index is 13.0. The normalized spacial score (nSPS) is 15.9. The molecule has 1 atom stereocenters. The van der Waals surface area contributed by atoms with Crippen molar-refractivity contribution in [1.82, 2.24) is 5.43 Å². The molecule has 1 fully saturated rings. The summed E-state index contributed by atoms with van der Waals surface area (Å²) in [6.45, 7) is 0. The van der Waals surface area contributed by atoms with Crippen molar-refractivity contribution in [3.63, 3.8) is 0 Å². The average molecular weight is 272 g/mol. The molecule has 104 valence electrons. The highest BCUT2D eigenvalue weighted by molar-refractivity contribution is 5.35. The Bertz CT molecular complexity index is 564. The van der Waals surface area contributed by atoms with Crippen LogP contribution < -0.4 is 16.0 Å². The first kappa shape index (κ1) is 13.1. The minimum atomic E-state index is -0.252. The van der Waals surface area contributed by atoms with Crippen LogP contribution in [0.2, 0.25) is 0 Å². The molecule has 3 rings (SSSR count).